The van der Waals surface area contributed by atoms with E-state index in [1.807, 2.05) is 18.2 Å². The number of carbonyl (C=O) groups is 1. The molecule has 1 fully saturated rings. The average Bonchev–Trinajstić information content (AvgIpc) is 3.30. The number of nitrogens with zero attached hydrogens (tertiary/aromatic N) is 4. The predicted octanol–water partition coefficient (Wildman–Crippen LogP) is 5.67. The van der Waals surface area contributed by atoms with E-state index < -0.39 is 5.82 Å². The van der Waals surface area contributed by atoms with Crippen LogP contribution in [0.15, 0.2) is 60.7 Å². The number of halogens is 2. The molecular weight excluding hydrogens is 547 g/mol. The van der Waals surface area contributed by atoms with Gasteiger partial charge in [-0.25, -0.2) is 19.2 Å². The molecule has 0 bridgehead atoms. The fraction of sp³-hybridized carbons (Fsp3) is 0.323. The van der Waals surface area contributed by atoms with Crippen LogP contribution in [0.5, 0.6) is 5.88 Å². The van der Waals surface area contributed by atoms with Crippen LogP contribution in [-0.2, 0) is 29.2 Å². The standard InChI is InChI=1S/C31H30ClFN4O4/c1-39-31(38)21-6-8-28-27(15-21)34-29(37(28)17-24-11-14-40-24)18-36-12-9-20(10-13-36)26-3-2-4-30(35-26)41-19-22-5-7-23(32)16-25(22)33/h2-9,15-16,24H,10-14,17-19H2,1H3/t24-/m0/s1. The molecule has 0 unspecified atom stereocenters. The second kappa shape index (κ2) is 12.0. The third-order valence-corrected chi connectivity index (χ3v) is 7.76. The van der Waals surface area contributed by atoms with Crippen molar-refractivity contribution in [2.45, 2.75) is 38.6 Å². The van der Waals surface area contributed by atoms with E-state index in [1.54, 1.807) is 30.3 Å². The van der Waals surface area contributed by atoms with Crippen molar-refractivity contribution in [2.75, 3.05) is 26.8 Å². The maximum atomic E-state index is 14.1. The van der Waals surface area contributed by atoms with Crippen LogP contribution < -0.4 is 4.74 Å². The Labute approximate surface area is 242 Å². The van der Waals surface area contributed by atoms with Crippen molar-refractivity contribution in [3.05, 3.63) is 94.2 Å². The summed E-state index contributed by atoms with van der Waals surface area (Å²) in [5.41, 5.74) is 4.65. The van der Waals surface area contributed by atoms with E-state index >= 15 is 0 Å². The quantitative estimate of drug-likeness (QED) is 0.238. The molecule has 1 saturated heterocycles. The number of benzene rings is 2. The van der Waals surface area contributed by atoms with Crippen molar-refractivity contribution in [1.29, 1.82) is 0 Å². The Morgan fingerprint density at radius 3 is 2.78 bits per heavy atom. The number of rotatable bonds is 9. The smallest absolute Gasteiger partial charge is 0.337 e. The van der Waals surface area contributed by atoms with Gasteiger partial charge in [-0.2, -0.15) is 0 Å². The number of pyridine rings is 1. The number of methoxy groups -OCH3 is 1. The van der Waals surface area contributed by atoms with Crippen LogP contribution in [-0.4, -0.2) is 58.3 Å². The first-order valence-corrected chi connectivity index (χ1v) is 14.0. The number of aromatic nitrogens is 3. The summed E-state index contributed by atoms with van der Waals surface area (Å²) in [6.45, 7) is 3.84. The molecule has 0 spiro atoms. The molecule has 2 aromatic carbocycles. The van der Waals surface area contributed by atoms with Gasteiger partial charge in [-0.3, -0.25) is 4.90 Å². The number of imidazole rings is 1. The molecule has 2 aliphatic heterocycles. The SMILES string of the molecule is COC(=O)c1ccc2c(c1)nc(CN1CC=C(c3cccc(OCc4ccc(Cl)cc4F)n3)CC1)n2C[C@@H]1CCO1. The summed E-state index contributed by atoms with van der Waals surface area (Å²) in [5.74, 6) is 0.608. The molecule has 2 aromatic heterocycles. The van der Waals surface area contributed by atoms with Crippen molar-refractivity contribution in [1.82, 2.24) is 19.4 Å². The zero-order valence-corrected chi connectivity index (χ0v) is 23.4. The Kier molecular flexibility index (Phi) is 8.00. The van der Waals surface area contributed by atoms with Crippen molar-refractivity contribution in [3.8, 4) is 5.88 Å². The molecule has 0 saturated carbocycles. The van der Waals surface area contributed by atoms with Gasteiger partial charge in [-0.1, -0.05) is 29.8 Å². The lowest BCUT2D eigenvalue weighted by Crippen LogP contribution is -2.33. The van der Waals surface area contributed by atoms with Gasteiger partial charge in [-0.05, 0) is 54.8 Å². The number of carbonyl (C=O) groups excluding carboxylic acids is 1. The molecule has 4 heterocycles. The van der Waals surface area contributed by atoms with Crippen LogP contribution in [0.2, 0.25) is 5.02 Å². The number of hydrogen-bond acceptors (Lipinski definition) is 7. The van der Waals surface area contributed by atoms with Gasteiger partial charge in [0, 0.05) is 36.3 Å². The van der Waals surface area contributed by atoms with Gasteiger partial charge in [0.25, 0.3) is 0 Å². The zero-order chi connectivity index (χ0) is 28.3. The lowest BCUT2D eigenvalue weighted by Gasteiger charge is -2.29. The third-order valence-electron chi connectivity index (χ3n) is 7.53. The average molecular weight is 577 g/mol. The highest BCUT2D eigenvalue weighted by Crippen LogP contribution is 2.27. The topological polar surface area (TPSA) is 78.7 Å². The largest absolute Gasteiger partial charge is 0.473 e. The summed E-state index contributed by atoms with van der Waals surface area (Å²) in [7, 11) is 1.38. The van der Waals surface area contributed by atoms with Crippen molar-refractivity contribution in [2.24, 2.45) is 0 Å². The van der Waals surface area contributed by atoms with E-state index in [4.69, 9.17) is 30.8 Å². The van der Waals surface area contributed by atoms with Gasteiger partial charge in [0.05, 0.1) is 48.6 Å². The summed E-state index contributed by atoms with van der Waals surface area (Å²) < 4.78 is 32.7. The normalized spacial score (nSPS) is 17.2. The van der Waals surface area contributed by atoms with Gasteiger partial charge in [0.2, 0.25) is 5.88 Å². The molecule has 41 heavy (non-hydrogen) atoms. The minimum Gasteiger partial charge on any atom is -0.473 e. The molecule has 0 radical (unpaired) electrons. The fourth-order valence-corrected chi connectivity index (χ4v) is 5.29. The second-order valence-electron chi connectivity index (χ2n) is 10.2. The van der Waals surface area contributed by atoms with E-state index in [1.165, 1.54) is 13.2 Å². The van der Waals surface area contributed by atoms with Gasteiger partial charge in [0.1, 0.15) is 18.2 Å². The monoisotopic (exact) mass is 576 g/mol. The lowest BCUT2D eigenvalue weighted by atomic mass is 10.0. The number of ether oxygens (including phenoxy) is 3. The van der Waals surface area contributed by atoms with Crippen LogP contribution in [0, 0.1) is 5.82 Å². The molecule has 8 nitrogen and oxygen atoms in total. The summed E-state index contributed by atoms with van der Waals surface area (Å²) in [4.78, 5) is 24.0. The number of esters is 1. The maximum Gasteiger partial charge on any atom is 0.337 e. The molecule has 2 aliphatic rings. The highest BCUT2D eigenvalue weighted by molar-refractivity contribution is 6.30. The van der Waals surface area contributed by atoms with E-state index in [2.05, 4.69) is 20.5 Å². The molecule has 0 amide bonds. The lowest BCUT2D eigenvalue weighted by molar-refractivity contribution is -0.0591. The van der Waals surface area contributed by atoms with Crippen LogP contribution in [0.25, 0.3) is 16.6 Å². The Balaban J connectivity index is 1.15. The van der Waals surface area contributed by atoms with Crippen molar-refractivity contribution < 1.29 is 23.4 Å². The van der Waals surface area contributed by atoms with Crippen LogP contribution in [0.3, 0.4) is 0 Å². The Morgan fingerprint density at radius 1 is 1.17 bits per heavy atom. The maximum absolute atomic E-state index is 14.1. The summed E-state index contributed by atoms with van der Waals surface area (Å²) in [6.07, 6.45) is 4.21. The van der Waals surface area contributed by atoms with Gasteiger partial charge >= 0.3 is 5.97 Å². The minimum absolute atomic E-state index is 0.0697. The highest BCUT2D eigenvalue weighted by atomic mass is 35.5. The molecule has 10 heteroatoms. The Bertz CT molecular complexity index is 1620. The van der Waals surface area contributed by atoms with E-state index in [-0.39, 0.29) is 18.7 Å². The molecule has 0 aliphatic carbocycles. The summed E-state index contributed by atoms with van der Waals surface area (Å²) in [5, 5.41) is 0.349. The minimum atomic E-state index is -0.401. The number of fused-ring (bicyclic) bond motifs is 1. The first-order valence-electron chi connectivity index (χ1n) is 13.6. The fourth-order valence-electron chi connectivity index (χ4n) is 5.13. The van der Waals surface area contributed by atoms with E-state index in [0.717, 1.165) is 67.2 Å². The third kappa shape index (κ3) is 6.12. The zero-order valence-electron chi connectivity index (χ0n) is 22.7. The second-order valence-corrected chi connectivity index (χ2v) is 10.7. The molecule has 212 valence electrons. The van der Waals surface area contributed by atoms with Gasteiger partial charge in [-0.15, -0.1) is 0 Å². The van der Waals surface area contributed by atoms with Crippen LogP contribution in [0.1, 0.15) is 40.3 Å². The first kappa shape index (κ1) is 27.4. The van der Waals surface area contributed by atoms with Gasteiger partial charge in [0.15, 0.2) is 0 Å². The summed E-state index contributed by atoms with van der Waals surface area (Å²) in [6, 6.07) is 15.7. The van der Waals surface area contributed by atoms with Crippen molar-refractivity contribution in [3.63, 3.8) is 0 Å². The summed E-state index contributed by atoms with van der Waals surface area (Å²) >= 11 is 5.84. The number of hydrogen-bond donors (Lipinski definition) is 0. The van der Waals surface area contributed by atoms with E-state index in [9.17, 15) is 9.18 Å². The molecule has 0 N–H and O–H groups in total. The van der Waals surface area contributed by atoms with Gasteiger partial charge < -0.3 is 18.8 Å². The Morgan fingerprint density at radius 2 is 2.05 bits per heavy atom. The first-order chi connectivity index (χ1) is 20.0. The van der Waals surface area contributed by atoms with E-state index in [0.29, 0.717) is 28.6 Å². The van der Waals surface area contributed by atoms with Crippen LogP contribution >= 0.6 is 11.6 Å². The van der Waals surface area contributed by atoms with Crippen LogP contribution in [0.4, 0.5) is 4.39 Å². The predicted molar refractivity (Wildman–Crippen MR) is 153 cm³/mol. The molecule has 6 rings (SSSR count). The molecule has 1 atom stereocenters. The molecule has 4 aromatic rings. The van der Waals surface area contributed by atoms with Crippen molar-refractivity contribution >= 4 is 34.2 Å². The highest BCUT2D eigenvalue weighted by Gasteiger charge is 2.24. The Hall–Kier alpha value is -3.79. The molecular formula is C31H30ClFN4O4.